The van der Waals surface area contributed by atoms with Crippen molar-refractivity contribution in [3.63, 3.8) is 0 Å². The first-order valence-corrected chi connectivity index (χ1v) is 13.5. The molecule has 10 heteroatoms. The molecule has 1 aromatic rings. The predicted octanol–water partition coefficient (Wildman–Crippen LogP) is 3.36. The van der Waals surface area contributed by atoms with Crippen molar-refractivity contribution in [1.82, 2.24) is 15.5 Å². The van der Waals surface area contributed by atoms with Crippen LogP contribution in [0.4, 0.5) is 10.5 Å². The van der Waals surface area contributed by atoms with Crippen LogP contribution in [-0.2, 0) is 14.3 Å². The molecule has 38 heavy (non-hydrogen) atoms. The summed E-state index contributed by atoms with van der Waals surface area (Å²) in [5.74, 6) is -1.54. The third-order valence-electron chi connectivity index (χ3n) is 8.29. The zero-order valence-electron chi connectivity index (χ0n) is 22.2. The number of hydrogen-bond acceptors (Lipinski definition) is 7. The number of nitrogens with one attached hydrogen (secondary N) is 3. The summed E-state index contributed by atoms with van der Waals surface area (Å²) in [5, 5.41) is 8.62. The molecule has 2 heterocycles. The van der Waals surface area contributed by atoms with E-state index in [-0.39, 0.29) is 36.0 Å². The maximum Gasteiger partial charge on any atom is 0.407 e. The standard InChI is InChI=1S/C28H36N4O6/c1-27(2,3)38-26(37)29-15-16-9-11-28(12-10-16)13-17(14-28)30-19-6-4-5-18-22(19)25(36)32(24(18)35)20-7-8-21(33)31-23(20)34/h4-6,16-17,20,30H,7-15H2,1-3H3,(H,29,37)(H,31,33,34). The summed E-state index contributed by atoms with van der Waals surface area (Å²) in [6.45, 7) is 6.18. The van der Waals surface area contributed by atoms with E-state index in [1.807, 2.05) is 26.8 Å². The number of alkyl carbamates (subject to hydrolysis) is 1. The Kier molecular flexibility index (Phi) is 6.69. The summed E-state index contributed by atoms with van der Waals surface area (Å²) >= 11 is 0. The number of anilines is 1. The van der Waals surface area contributed by atoms with Gasteiger partial charge in [0.05, 0.1) is 11.1 Å². The van der Waals surface area contributed by atoms with Gasteiger partial charge in [0.25, 0.3) is 11.8 Å². The van der Waals surface area contributed by atoms with Crippen molar-refractivity contribution in [1.29, 1.82) is 0 Å². The smallest absolute Gasteiger partial charge is 0.407 e. The second-order valence-corrected chi connectivity index (χ2v) is 12.3. The Balaban J connectivity index is 1.15. The van der Waals surface area contributed by atoms with Gasteiger partial charge in [-0.25, -0.2) is 4.79 Å². The lowest BCUT2D eigenvalue weighted by Gasteiger charge is -2.52. The first-order valence-electron chi connectivity index (χ1n) is 13.5. The van der Waals surface area contributed by atoms with Crippen LogP contribution in [0.1, 0.15) is 92.9 Å². The highest BCUT2D eigenvalue weighted by Gasteiger charge is 2.48. The second kappa shape index (κ2) is 9.71. The third-order valence-corrected chi connectivity index (χ3v) is 8.29. The van der Waals surface area contributed by atoms with Crippen LogP contribution in [0.25, 0.3) is 0 Å². The van der Waals surface area contributed by atoms with E-state index < -0.39 is 35.3 Å². The predicted molar refractivity (Wildman–Crippen MR) is 138 cm³/mol. The Morgan fingerprint density at radius 1 is 1.08 bits per heavy atom. The van der Waals surface area contributed by atoms with Crippen LogP contribution in [0.5, 0.6) is 0 Å². The van der Waals surface area contributed by atoms with Crippen LogP contribution < -0.4 is 16.0 Å². The molecule has 3 N–H and O–H groups in total. The summed E-state index contributed by atoms with van der Waals surface area (Å²) in [6, 6.07) is 4.40. The van der Waals surface area contributed by atoms with Crippen LogP contribution >= 0.6 is 0 Å². The van der Waals surface area contributed by atoms with E-state index >= 15 is 0 Å². The van der Waals surface area contributed by atoms with Gasteiger partial charge >= 0.3 is 6.09 Å². The van der Waals surface area contributed by atoms with Gasteiger partial charge in [0.15, 0.2) is 0 Å². The highest BCUT2D eigenvalue weighted by Crippen LogP contribution is 2.53. The number of nitrogens with zero attached hydrogens (tertiary/aromatic N) is 1. The number of carbonyl (C=O) groups excluding carboxylic acids is 5. The molecule has 1 spiro atoms. The Morgan fingerprint density at radius 2 is 1.79 bits per heavy atom. The quantitative estimate of drug-likeness (QED) is 0.503. The Bertz CT molecular complexity index is 1170. The first kappa shape index (κ1) is 26.2. The molecule has 10 nitrogen and oxygen atoms in total. The van der Waals surface area contributed by atoms with Crippen molar-refractivity contribution in [3.05, 3.63) is 29.3 Å². The molecule has 0 bridgehead atoms. The molecule has 204 valence electrons. The molecule has 5 amide bonds. The normalized spacial score (nSPS) is 29.0. The molecule has 0 radical (unpaired) electrons. The number of amides is 5. The van der Waals surface area contributed by atoms with E-state index in [4.69, 9.17) is 4.74 Å². The second-order valence-electron chi connectivity index (χ2n) is 12.3. The van der Waals surface area contributed by atoms with Gasteiger partial charge in [-0.2, -0.15) is 0 Å². The van der Waals surface area contributed by atoms with Gasteiger partial charge in [0.1, 0.15) is 11.6 Å². The monoisotopic (exact) mass is 524 g/mol. The van der Waals surface area contributed by atoms with Gasteiger partial charge < -0.3 is 15.4 Å². The molecule has 1 atom stereocenters. The van der Waals surface area contributed by atoms with Crippen LogP contribution in [0.15, 0.2) is 18.2 Å². The highest BCUT2D eigenvalue weighted by molar-refractivity contribution is 6.25. The molecule has 2 aliphatic heterocycles. The molecule has 1 unspecified atom stereocenters. The number of rotatable bonds is 5. The number of fused-ring (bicyclic) bond motifs is 1. The lowest BCUT2D eigenvalue weighted by atomic mass is 9.57. The summed E-state index contributed by atoms with van der Waals surface area (Å²) < 4.78 is 5.33. The van der Waals surface area contributed by atoms with Gasteiger partial charge in [-0.05, 0) is 89.2 Å². The summed E-state index contributed by atoms with van der Waals surface area (Å²) in [6.07, 6.45) is 6.14. The van der Waals surface area contributed by atoms with Gasteiger partial charge in [0, 0.05) is 24.7 Å². The van der Waals surface area contributed by atoms with Gasteiger partial charge in [0.2, 0.25) is 11.8 Å². The molecular formula is C28H36N4O6. The average molecular weight is 525 g/mol. The first-order chi connectivity index (χ1) is 17.9. The van der Waals surface area contributed by atoms with Crippen LogP contribution in [0, 0.1) is 11.3 Å². The highest BCUT2D eigenvalue weighted by atomic mass is 16.6. The maximum atomic E-state index is 13.3. The van der Waals surface area contributed by atoms with E-state index in [0.29, 0.717) is 23.7 Å². The minimum Gasteiger partial charge on any atom is -0.444 e. The fourth-order valence-corrected chi connectivity index (χ4v) is 6.39. The van der Waals surface area contributed by atoms with Crippen LogP contribution in [0.2, 0.25) is 0 Å². The molecule has 2 aliphatic carbocycles. The van der Waals surface area contributed by atoms with E-state index in [1.165, 1.54) is 0 Å². The fraction of sp³-hybridized carbons (Fsp3) is 0.607. The third kappa shape index (κ3) is 5.13. The Hall–Kier alpha value is -3.43. The summed E-state index contributed by atoms with van der Waals surface area (Å²) in [5.41, 5.74) is 0.980. The molecule has 0 aromatic heterocycles. The van der Waals surface area contributed by atoms with Crippen LogP contribution in [0.3, 0.4) is 0 Å². The number of benzene rings is 1. The maximum absolute atomic E-state index is 13.3. The lowest BCUT2D eigenvalue weighted by Crippen LogP contribution is -2.54. The molecule has 5 rings (SSSR count). The molecule has 1 aromatic carbocycles. The Labute approximate surface area is 222 Å². The van der Waals surface area contributed by atoms with Crippen molar-refractivity contribution in [2.24, 2.45) is 11.3 Å². The van der Waals surface area contributed by atoms with Crippen molar-refractivity contribution >= 4 is 35.4 Å². The SMILES string of the molecule is CC(C)(C)OC(=O)NCC1CCC2(CC1)CC(Nc1cccc3c1C(=O)N(C1CCC(=O)NC1=O)C3=O)C2. The minimum atomic E-state index is -0.972. The number of imide groups is 2. The molecule has 3 fully saturated rings. The number of carbonyl (C=O) groups is 5. The molecular weight excluding hydrogens is 488 g/mol. The zero-order chi connectivity index (χ0) is 27.2. The van der Waals surface area contributed by atoms with E-state index in [9.17, 15) is 24.0 Å². The lowest BCUT2D eigenvalue weighted by molar-refractivity contribution is -0.136. The van der Waals surface area contributed by atoms with Crippen LogP contribution in [-0.4, -0.2) is 58.9 Å². The minimum absolute atomic E-state index is 0.0942. The van der Waals surface area contributed by atoms with Crippen molar-refractivity contribution in [3.8, 4) is 0 Å². The number of ether oxygens (including phenoxy) is 1. The van der Waals surface area contributed by atoms with E-state index in [2.05, 4.69) is 16.0 Å². The van der Waals surface area contributed by atoms with Gasteiger partial charge in [-0.15, -0.1) is 0 Å². The number of piperidine rings is 1. The Morgan fingerprint density at radius 3 is 2.45 bits per heavy atom. The van der Waals surface area contributed by atoms with E-state index in [1.54, 1.807) is 12.1 Å². The average Bonchev–Trinajstić information content (AvgIpc) is 3.07. The topological polar surface area (TPSA) is 134 Å². The van der Waals surface area contributed by atoms with Crippen molar-refractivity contribution in [2.75, 3.05) is 11.9 Å². The van der Waals surface area contributed by atoms with Gasteiger partial charge in [-0.3, -0.25) is 29.4 Å². The summed E-state index contributed by atoms with van der Waals surface area (Å²) in [4.78, 5) is 63.2. The zero-order valence-corrected chi connectivity index (χ0v) is 22.2. The molecule has 4 aliphatic rings. The van der Waals surface area contributed by atoms with E-state index in [0.717, 1.165) is 43.4 Å². The molecule has 1 saturated heterocycles. The van der Waals surface area contributed by atoms with Crippen molar-refractivity contribution < 1.29 is 28.7 Å². The van der Waals surface area contributed by atoms with Crippen molar-refractivity contribution in [2.45, 2.75) is 89.8 Å². The summed E-state index contributed by atoms with van der Waals surface area (Å²) in [7, 11) is 0. The number of hydrogen-bond donors (Lipinski definition) is 3. The fourth-order valence-electron chi connectivity index (χ4n) is 6.39. The largest absolute Gasteiger partial charge is 0.444 e. The van der Waals surface area contributed by atoms with Gasteiger partial charge in [-0.1, -0.05) is 6.07 Å². The molecule has 2 saturated carbocycles.